The average molecular weight is 540 g/mol. The van der Waals surface area contributed by atoms with Crippen molar-refractivity contribution in [3.8, 4) is 11.5 Å². The summed E-state index contributed by atoms with van der Waals surface area (Å²) >= 11 is 6.58. The standard InChI is InChI=1S/C20H20Br2N4O4/c21-15-5-7-17(27)13(9-15)11-23-25-19(29)3-1-2-4-20(30)26-24-12-14-10-16(22)6-8-18(14)28/h5-12,27-28H,1-4H2,(H,25,29)(H,26,30)/b23-11-,24-12-. The van der Waals surface area contributed by atoms with Gasteiger partial charge >= 0.3 is 0 Å². The molecule has 0 aromatic heterocycles. The van der Waals surface area contributed by atoms with Gasteiger partial charge in [0.15, 0.2) is 0 Å². The lowest BCUT2D eigenvalue weighted by Crippen LogP contribution is -2.19. The molecule has 0 unspecified atom stereocenters. The van der Waals surface area contributed by atoms with Gasteiger partial charge in [-0.25, -0.2) is 10.9 Å². The molecule has 2 amide bonds. The molecule has 0 bridgehead atoms. The van der Waals surface area contributed by atoms with Gasteiger partial charge in [-0.05, 0) is 49.2 Å². The zero-order valence-corrected chi connectivity index (χ0v) is 19.0. The lowest BCUT2D eigenvalue weighted by molar-refractivity contribution is -0.123. The van der Waals surface area contributed by atoms with Gasteiger partial charge in [0, 0.05) is 32.9 Å². The number of hydrogen-bond donors (Lipinski definition) is 4. The average Bonchev–Trinajstić information content (AvgIpc) is 2.70. The molecule has 0 heterocycles. The molecule has 0 spiro atoms. The largest absolute Gasteiger partial charge is 0.507 e. The first kappa shape index (κ1) is 23.6. The minimum absolute atomic E-state index is 0.0555. The van der Waals surface area contributed by atoms with E-state index in [0.29, 0.717) is 24.0 Å². The van der Waals surface area contributed by atoms with Crippen molar-refractivity contribution in [1.82, 2.24) is 10.9 Å². The number of nitrogens with one attached hydrogen (secondary N) is 2. The minimum Gasteiger partial charge on any atom is -0.507 e. The van der Waals surface area contributed by atoms with Crippen LogP contribution in [0.5, 0.6) is 11.5 Å². The Hall–Kier alpha value is -2.72. The van der Waals surface area contributed by atoms with Gasteiger partial charge < -0.3 is 10.2 Å². The van der Waals surface area contributed by atoms with Crippen LogP contribution in [0.4, 0.5) is 0 Å². The first-order valence-corrected chi connectivity index (χ1v) is 10.5. The molecule has 2 rings (SSSR count). The molecule has 0 saturated carbocycles. The molecule has 0 aliphatic rings. The maximum Gasteiger partial charge on any atom is 0.240 e. The summed E-state index contributed by atoms with van der Waals surface area (Å²) in [6.45, 7) is 0. The van der Waals surface area contributed by atoms with Crippen molar-refractivity contribution in [3.05, 3.63) is 56.5 Å². The third-order valence-corrected chi connectivity index (χ3v) is 4.81. The molecule has 158 valence electrons. The fraction of sp³-hybridized carbons (Fsp3) is 0.200. The molecule has 2 aromatic rings. The highest BCUT2D eigenvalue weighted by Crippen LogP contribution is 2.20. The van der Waals surface area contributed by atoms with Crippen LogP contribution in [0.3, 0.4) is 0 Å². The highest BCUT2D eigenvalue weighted by atomic mass is 79.9. The van der Waals surface area contributed by atoms with Crippen LogP contribution in [-0.4, -0.2) is 34.5 Å². The third kappa shape index (κ3) is 8.34. The Kier molecular flexibility index (Phi) is 9.49. The summed E-state index contributed by atoms with van der Waals surface area (Å²) in [4.78, 5) is 23.5. The number of carbonyl (C=O) groups excluding carboxylic acids is 2. The second-order valence-electron chi connectivity index (χ2n) is 6.20. The van der Waals surface area contributed by atoms with Crippen molar-refractivity contribution in [2.45, 2.75) is 25.7 Å². The summed E-state index contributed by atoms with van der Waals surface area (Å²) in [6.07, 6.45) is 4.15. The maximum atomic E-state index is 11.8. The number of amides is 2. The minimum atomic E-state index is -0.288. The highest BCUT2D eigenvalue weighted by Gasteiger charge is 2.04. The SMILES string of the molecule is O=C(CCCCC(=O)N/N=C\c1cc(Br)ccc1O)N/N=C\c1cc(Br)ccc1O. The van der Waals surface area contributed by atoms with E-state index in [0.717, 1.165) is 8.95 Å². The second kappa shape index (κ2) is 12.1. The molecule has 8 nitrogen and oxygen atoms in total. The van der Waals surface area contributed by atoms with E-state index in [1.54, 1.807) is 24.3 Å². The quantitative estimate of drug-likeness (QED) is 0.220. The summed E-state index contributed by atoms with van der Waals surface area (Å²) < 4.78 is 1.56. The molecule has 0 radical (unpaired) electrons. The highest BCUT2D eigenvalue weighted by molar-refractivity contribution is 9.10. The number of aromatic hydroxyl groups is 2. The van der Waals surface area contributed by atoms with E-state index in [2.05, 4.69) is 52.9 Å². The van der Waals surface area contributed by atoms with E-state index < -0.39 is 0 Å². The number of hydrazone groups is 2. The number of unbranched alkanes of at least 4 members (excludes halogenated alkanes) is 1. The number of carbonyl (C=O) groups is 2. The van der Waals surface area contributed by atoms with Crippen LogP contribution in [0.1, 0.15) is 36.8 Å². The van der Waals surface area contributed by atoms with Crippen LogP contribution in [0.2, 0.25) is 0 Å². The topological polar surface area (TPSA) is 123 Å². The van der Waals surface area contributed by atoms with Gasteiger partial charge in [0.05, 0.1) is 12.4 Å². The summed E-state index contributed by atoms with van der Waals surface area (Å²) in [6, 6.07) is 9.76. The number of nitrogens with zero attached hydrogens (tertiary/aromatic N) is 2. The van der Waals surface area contributed by atoms with Crippen molar-refractivity contribution < 1.29 is 19.8 Å². The third-order valence-electron chi connectivity index (χ3n) is 3.82. The van der Waals surface area contributed by atoms with Gasteiger partial charge in [0.25, 0.3) is 0 Å². The molecular formula is C20H20Br2N4O4. The van der Waals surface area contributed by atoms with Crippen molar-refractivity contribution in [1.29, 1.82) is 0 Å². The van der Waals surface area contributed by atoms with Crippen LogP contribution < -0.4 is 10.9 Å². The van der Waals surface area contributed by atoms with Crippen molar-refractivity contribution in [2.24, 2.45) is 10.2 Å². The van der Waals surface area contributed by atoms with E-state index >= 15 is 0 Å². The molecule has 0 fully saturated rings. The van der Waals surface area contributed by atoms with Gasteiger partial charge in [-0.3, -0.25) is 9.59 Å². The van der Waals surface area contributed by atoms with Gasteiger partial charge in [-0.2, -0.15) is 10.2 Å². The normalized spacial score (nSPS) is 11.1. The van der Waals surface area contributed by atoms with Crippen LogP contribution in [0.15, 0.2) is 55.5 Å². The Balaban J connectivity index is 1.64. The number of halogens is 2. The van der Waals surface area contributed by atoms with E-state index in [1.165, 1.54) is 24.6 Å². The van der Waals surface area contributed by atoms with Crippen molar-refractivity contribution in [3.63, 3.8) is 0 Å². The molecule has 10 heteroatoms. The molecule has 0 aliphatic heterocycles. The summed E-state index contributed by atoms with van der Waals surface area (Å²) in [7, 11) is 0. The van der Waals surface area contributed by atoms with Crippen LogP contribution >= 0.6 is 31.9 Å². The van der Waals surface area contributed by atoms with Crippen molar-refractivity contribution >= 4 is 56.1 Å². The zero-order chi connectivity index (χ0) is 21.9. The second-order valence-corrected chi connectivity index (χ2v) is 8.03. The molecule has 30 heavy (non-hydrogen) atoms. The smallest absolute Gasteiger partial charge is 0.240 e. The maximum absolute atomic E-state index is 11.8. The lowest BCUT2D eigenvalue weighted by Gasteiger charge is -2.02. The van der Waals surface area contributed by atoms with Gasteiger partial charge in [0.1, 0.15) is 11.5 Å². The molecule has 0 atom stereocenters. The number of phenolic OH excluding ortho intramolecular Hbond substituents is 2. The first-order valence-electron chi connectivity index (χ1n) is 8.96. The molecule has 0 aliphatic carbocycles. The van der Waals surface area contributed by atoms with E-state index in [4.69, 9.17) is 0 Å². The van der Waals surface area contributed by atoms with Crippen LogP contribution in [0, 0.1) is 0 Å². The Morgan fingerprint density at radius 1 is 0.800 bits per heavy atom. The zero-order valence-electron chi connectivity index (χ0n) is 15.8. The van der Waals surface area contributed by atoms with E-state index in [9.17, 15) is 19.8 Å². The Labute approximate surface area is 190 Å². The Morgan fingerprint density at radius 2 is 1.20 bits per heavy atom. The number of benzene rings is 2. The molecular weight excluding hydrogens is 520 g/mol. The van der Waals surface area contributed by atoms with Gasteiger partial charge in [0.2, 0.25) is 11.8 Å². The van der Waals surface area contributed by atoms with E-state index in [1.807, 2.05) is 0 Å². The predicted molar refractivity (Wildman–Crippen MR) is 122 cm³/mol. The fourth-order valence-electron chi connectivity index (χ4n) is 2.29. The summed E-state index contributed by atoms with van der Waals surface area (Å²) in [5.74, 6) is -0.464. The molecule has 4 N–H and O–H groups in total. The fourth-order valence-corrected chi connectivity index (χ4v) is 3.05. The van der Waals surface area contributed by atoms with Crippen molar-refractivity contribution in [2.75, 3.05) is 0 Å². The Morgan fingerprint density at radius 3 is 1.60 bits per heavy atom. The monoisotopic (exact) mass is 538 g/mol. The predicted octanol–water partition coefficient (Wildman–Crippen LogP) is 3.78. The van der Waals surface area contributed by atoms with Crippen LogP contribution in [-0.2, 0) is 9.59 Å². The first-order chi connectivity index (χ1) is 14.3. The molecule has 0 saturated heterocycles. The van der Waals surface area contributed by atoms with Gasteiger partial charge in [-0.15, -0.1) is 0 Å². The van der Waals surface area contributed by atoms with Gasteiger partial charge in [-0.1, -0.05) is 31.9 Å². The summed E-state index contributed by atoms with van der Waals surface area (Å²) in [5.41, 5.74) is 5.70. The Bertz CT molecular complexity index is 886. The van der Waals surface area contributed by atoms with E-state index in [-0.39, 0.29) is 36.2 Å². The summed E-state index contributed by atoms with van der Waals surface area (Å²) in [5, 5.41) is 27.0. The number of hydrogen-bond acceptors (Lipinski definition) is 6. The number of rotatable bonds is 9. The van der Waals surface area contributed by atoms with Crippen LogP contribution in [0.25, 0.3) is 0 Å². The lowest BCUT2D eigenvalue weighted by atomic mass is 10.2. The number of phenols is 2. The molecule has 2 aromatic carbocycles.